The summed E-state index contributed by atoms with van der Waals surface area (Å²) in [4.78, 5) is 0. The van der Waals surface area contributed by atoms with Gasteiger partial charge in [0, 0.05) is 6.54 Å². The first-order chi connectivity index (χ1) is 9.15. The highest BCUT2D eigenvalue weighted by molar-refractivity contribution is 5.30. The highest BCUT2D eigenvalue weighted by Gasteiger charge is 2.31. The van der Waals surface area contributed by atoms with Gasteiger partial charge in [0.05, 0.1) is 0 Å². The molecule has 0 unspecified atom stereocenters. The Bertz CT molecular complexity index is 402. The second kappa shape index (κ2) is 6.56. The lowest BCUT2D eigenvalue weighted by molar-refractivity contribution is 0.182. The molecule has 0 spiro atoms. The number of hydrogen-bond acceptors (Lipinski definition) is 1. The fourth-order valence-electron chi connectivity index (χ4n) is 3.45. The second-order valence-corrected chi connectivity index (χ2v) is 6.44. The molecule has 1 heteroatoms. The zero-order chi connectivity index (χ0) is 13.7. The monoisotopic (exact) mass is 259 g/mol. The van der Waals surface area contributed by atoms with Crippen LogP contribution in [0.15, 0.2) is 18.2 Å². The molecule has 1 aromatic rings. The van der Waals surface area contributed by atoms with E-state index in [1.54, 1.807) is 0 Å². The lowest BCUT2D eigenvalue weighted by Crippen LogP contribution is -2.38. The van der Waals surface area contributed by atoms with Crippen LogP contribution in [0.1, 0.15) is 55.7 Å². The zero-order valence-corrected chi connectivity index (χ0v) is 12.9. The Morgan fingerprint density at radius 3 is 2.42 bits per heavy atom. The van der Waals surface area contributed by atoms with Gasteiger partial charge in [0.25, 0.3) is 0 Å². The fourth-order valence-corrected chi connectivity index (χ4v) is 3.45. The van der Waals surface area contributed by atoms with E-state index in [4.69, 9.17) is 0 Å². The summed E-state index contributed by atoms with van der Waals surface area (Å²) >= 11 is 0. The summed E-state index contributed by atoms with van der Waals surface area (Å²) in [6, 6.07) is 7.02. The zero-order valence-electron chi connectivity index (χ0n) is 12.9. The van der Waals surface area contributed by atoms with Crippen LogP contribution in [0.25, 0.3) is 0 Å². The van der Waals surface area contributed by atoms with Crippen LogP contribution in [0.2, 0.25) is 0 Å². The molecule has 0 saturated heterocycles. The molecule has 0 aromatic heterocycles. The normalized spacial score (nSPS) is 18.5. The predicted octanol–water partition coefficient (Wildman–Crippen LogP) is 4.41. The molecule has 0 aliphatic heterocycles. The standard InChI is InChI=1S/C18H29N/c1-4-19-14-18(10-6-5-7-11-18)13-17-9-8-15(2)16(3)12-17/h8-9,12,19H,4-7,10-11,13-14H2,1-3H3. The Morgan fingerprint density at radius 1 is 1.05 bits per heavy atom. The van der Waals surface area contributed by atoms with Crippen molar-refractivity contribution in [2.24, 2.45) is 5.41 Å². The molecule has 1 fully saturated rings. The Morgan fingerprint density at radius 2 is 1.79 bits per heavy atom. The van der Waals surface area contributed by atoms with E-state index in [0.717, 1.165) is 6.54 Å². The molecule has 2 rings (SSSR count). The SMILES string of the molecule is CCNCC1(Cc2ccc(C)c(C)c2)CCCCC1. The maximum absolute atomic E-state index is 3.61. The smallest absolute Gasteiger partial charge is 0.00109 e. The summed E-state index contributed by atoms with van der Waals surface area (Å²) in [5.74, 6) is 0. The summed E-state index contributed by atoms with van der Waals surface area (Å²) < 4.78 is 0. The molecule has 1 aromatic carbocycles. The van der Waals surface area contributed by atoms with E-state index in [1.807, 2.05) is 0 Å². The van der Waals surface area contributed by atoms with Gasteiger partial charge in [-0.1, -0.05) is 44.4 Å². The van der Waals surface area contributed by atoms with Crippen LogP contribution in [-0.2, 0) is 6.42 Å². The highest BCUT2D eigenvalue weighted by Crippen LogP contribution is 2.39. The van der Waals surface area contributed by atoms with Crippen molar-refractivity contribution in [1.82, 2.24) is 5.32 Å². The molecule has 0 radical (unpaired) electrons. The number of benzene rings is 1. The Labute approximate surface area is 118 Å². The van der Waals surface area contributed by atoms with Crippen molar-refractivity contribution in [3.8, 4) is 0 Å². The van der Waals surface area contributed by atoms with E-state index in [0.29, 0.717) is 5.41 Å². The molecule has 1 saturated carbocycles. The van der Waals surface area contributed by atoms with Crippen molar-refractivity contribution in [2.75, 3.05) is 13.1 Å². The van der Waals surface area contributed by atoms with Gasteiger partial charge in [0.2, 0.25) is 0 Å². The van der Waals surface area contributed by atoms with Gasteiger partial charge in [-0.05, 0) is 61.8 Å². The van der Waals surface area contributed by atoms with E-state index in [-0.39, 0.29) is 0 Å². The molecule has 0 amide bonds. The first kappa shape index (κ1) is 14.6. The highest BCUT2D eigenvalue weighted by atomic mass is 14.9. The van der Waals surface area contributed by atoms with E-state index in [2.05, 4.69) is 44.3 Å². The molecule has 1 N–H and O–H groups in total. The average molecular weight is 259 g/mol. The van der Waals surface area contributed by atoms with Gasteiger partial charge in [-0.3, -0.25) is 0 Å². The second-order valence-electron chi connectivity index (χ2n) is 6.44. The van der Waals surface area contributed by atoms with Crippen molar-refractivity contribution in [1.29, 1.82) is 0 Å². The third-order valence-corrected chi connectivity index (χ3v) is 4.81. The van der Waals surface area contributed by atoms with Crippen LogP contribution in [0, 0.1) is 19.3 Å². The molecular weight excluding hydrogens is 230 g/mol. The van der Waals surface area contributed by atoms with Gasteiger partial charge in [-0.2, -0.15) is 0 Å². The van der Waals surface area contributed by atoms with E-state index < -0.39 is 0 Å². The predicted molar refractivity (Wildman–Crippen MR) is 83.7 cm³/mol. The van der Waals surface area contributed by atoms with Crippen molar-refractivity contribution in [3.63, 3.8) is 0 Å². The minimum atomic E-state index is 0.510. The molecule has 106 valence electrons. The minimum Gasteiger partial charge on any atom is -0.316 e. The summed E-state index contributed by atoms with van der Waals surface area (Å²) in [5.41, 5.74) is 4.89. The van der Waals surface area contributed by atoms with E-state index in [9.17, 15) is 0 Å². The number of rotatable bonds is 5. The van der Waals surface area contributed by atoms with Crippen LogP contribution in [0.3, 0.4) is 0 Å². The third kappa shape index (κ3) is 3.82. The van der Waals surface area contributed by atoms with Crippen LogP contribution in [-0.4, -0.2) is 13.1 Å². The summed E-state index contributed by atoms with van der Waals surface area (Å²) in [6.45, 7) is 8.93. The van der Waals surface area contributed by atoms with Gasteiger partial charge < -0.3 is 5.32 Å². The molecule has 1 aliphatic rings. The number of aryl methyl sites for hydroxylation is 2. The van der Waals surface area contributed by atoms with Gasteiger partial charge >= 0.3 is 0 Å². The van der Waals surface area contributed by atoms with Crippen LogP contribution in [0.5, 0.6) is 0 Å². The fraction of sp³-hybridized carbons (Fsp3) is 0.667. The first-order valence-corrected chi connectivity index (χ1v) is 7.92. The molecule has 19 heavy (non-hydrogen) atoms. The maximum Gasteiger partial charge on any atom is 0.00109 e. The summed E-state index contributed by atoms with van der Waals surface area (Å²) in [5, 5.41) is 3.61. The average Bonchev–Trinajstić information content (AvgIpc) is 2.42. The van der Waals surface area contributed by atoms with E-state index >= 15 is 0 Å². The molecule has 0 atom stereocenters. The summed E-state index contributed by atoms with van der Waals surface area (Å²) in [6.07, 6.45) is 8.30. The third-order valence-electron chi connectivity index (χ3n) is 4.81. The number of nitrogens with one attached hydrogen (secondary N) is 1. The van der Waals surface area contributed by atoms with Crippen LogP contribution in [0.4, 0.5) is 0 Å². The quantitative estimate of drug-likeness (QED) is 0.826. The first-order valence-electron chi connectivity index (χ1n) is 7.92. The van der Waals surface area contributed by atoms with Crippen molar-refractivity contribution in [2.45, 2.75) is 59.3 Å². The van der Waals surface area contributed by atoms with Gasteiger partial charge in [0.1, 0.15) is 0 Å². The number of hydrogen-bond donors (Lipinski definition) is 1. The molecule has 1 aliphatic carbocycles. The van der Waals surface area contributed by atoms with E-state index in [1.165, 1.54) is 61.8 Å². The van der Waals surface area contributed by atoms with Crippen LogP contribution >= 0.6 is 0 Å². The van der Waals surface area contributed by atoms with Crippen molar-refractivity contribution in [3.05, 3.63) is 34.9 Å². The molecular formula is C18H29N. The molecule has 0 heterocycles. The minimum absolute atomic E-state index is 0.510. The van der Waals surface area contributed by atoms with Gasteiger partial charge in [-0.25, -0.2) is 0 Å². The van der Waals surface area contributed by atoms with Crippen molar-refractivity contribution < 1.29 is 0 Å². The molecule has 1 nitrogen and oxygen atoms in total. The van der Waals surface area contributed by atoms with Crippen LogP contribution < -0.4 is 5.32 Å². The van der Waals surface area contributed by atoms with Gasteiger partial charge in [-0.15, -0.1) is 0 Å². The Balaban J connectivity index is 2.12. The lowest BCUT2D eigenvalue weighted by Gasteiger charge is -2.38. The Hall–Kier alpha value is -0.820. The maximum atomic E-state index is 3.61. The largest absolute Gasteiger partial charge is 0.316 e. The van der Waals surface area contributed by atoms with Gasteiger partial charge in [0.15, 0.2) is 0 Å². The lowest BCUT2D eigenvalue weighted by atomic mass is 9.70. The topological polar surface area (TPSA) is 12.0 Å². The Kier molecular flexibility index (Phi) is 5.04. The summed E-state index contributed by atoms with van der Waals surface area (Å²) in [7, 11) is 0. The molecule has 0 bridgehead atoms. The van der Waals surface area contributed by atoms with Crippen molar-refractivity contribution >= 4 is 0 Å².